The van der Waals surface area contributed by atoms with Gasteiger partial charge in [0, 0.05) is 22.1 Å². The van der Waals surface area contributed by atoms with Crippen LogP contribution in [0.15, 0.2) is 27.6 Å². The van der Waals surface area contributed by atoms with Gasteiger partial charge in [-0.05, 0) is 34.1 Å². The number of benzene rings is 1. The lowest BCUT2D eigenvalue weighted by atomic mass is 10.3. The molecular weight excluding hydrogens is 264 g/mol. The molecule has 0 aliphatic heterocycles. The summed E-state index contributed by atoms with van der Waals surface area (Å²) in [5, 5.41) is 2.57. The second-order valence-electron chi connectivity index (χ2n) is 2.65. The molecule has 14 heavy (non-hydrogen) atoms. The molecule has 1 amide bonds. The molecule has 5 heteroatoms. The van der Waals surface area contributed by atoms with Gasteiger partial charge in [0.1, 0.15) is 0 Å². The average molecular weight is 275 g/mol. The van der Waals surface area contributed by atoms with Crippen molar-refractivity contribution >= 4 is 39.3 Å². The van der Waals surface area contributed by atoms with Gasteiger partial charge < -0.3 is 11.1 Å². The number of nitrogens with one attached hydrogen (secondary N) is 1. The topological polar surface area (TPSA) is 55.1 Å². The lowest BCUT2D eigenvalue weighted by molar-refractivity contribution is -0.118. The fourth-order valence-electron chi connectivity index (χ4n) is 0.850. The van der Waals surface area contributed by atoms with Crippen LogP contribution < -0.4 is 11.1 Å². The summed E-state index contributed by atoms with van der Waals surface area (Å²) in [6.45, 7) is 0. The van der Waals surface area contributed by atoms with Gasteiger partial charge in [0.15, 0.2) is 0 Å². The van der Waals surface area contributed by atoms with E-state index < -0.39 is 0 Å². The van der Waals surface area contributed by atoms with Crippen molar-refractivity contribution in [2.24, 2.45) is 0 Å². The van der Waals surface area contributed by atoms with Crippen LogP contribution in [0.4, 0.5) is 5.69 Å². The summed E-state index contributed by atoms with van der Waals surface area (Å²) in [6.07, 6.45) is 0. The fourth-order valence-corrected chi connectivity index (χ4v) is 2.38. The van der Waals surface area contributed by atoms with E-state index in [1.165, 1.54) is 11.8 Å². The number of hydrogen-bond donors (Lipinski definition) is 2. The fraction of sp³-hybridized carbons (Fsp3) is 0.222. The molecule has 0 unspecified atom stereocenters. The molecule has 0 aromatic heterocycles. The molecule has 1 aromatic rings. The molecule has 0 radical (unpaired) electrons. The first kappa shape index (κ1) is 11.4. The third-order valence-corrected chi connectivity index (χ3v) is 3.59. The van der Waals surface area contributed by atoms with E-state index in [1.807, 2.05) is 18.2 Å². The predicted molar refractivity (Wildman–Crippen MR) is 63.3 cm³/mol. The summed E-state index contributed by atoms with van der Waals surface area (Å²) in [4.78, 5) is 12.0. The van der Waals surface area contributed by atoms with Crippen LogP contribution in [-0.4, -0.2) is 18.7 Å². The zero-order valence-corrected chi connectivity index (χ0v) is 10.1. The molecule has 1 rings (SSSR count). The maximum Gasteiger partial charge on any atom is 0.230 e. The Labute approximate surface area is 95.6 Å². The predicted octanol–water partition coefficient (Wildman–Crippen LogP) is 1.87. The average Bonchev–Trinajstić information content (AvgIpc) is 2.16. The van der Waals surface area contributed by atoms with Gasteiger partial charge in [-0.1, -0.05) is 0 Å². The minimum atomic E-state index is 0.0127. The number of carbonyl (C=O) groups is 1. The lowest BCUT2D eigenvalue weighted by Gasteiger charge is -2.04. The summed E-state index contributed by atoms with van der Waals surface area (Å²) >= 11 is 4.86. The Morgan fingerprint density at radius 2 is 2.36 bits per heavy atom. The molecule has 3 N–H and O–H groups in total. The smallest absolute Gasteiger partial charge is 0.230 e. The van der Waals surface area contributed by atoms with Crippen LogP contribution in [0.1, 0.15) is 0 Å². The Balaban J connectivity index is 2.63. The first-order valence-electron chi connectivity index (χ1n) is 4.02. The van der Waals surface area contributed by atoms with Crippen LogP contribution in [0.3, 0.4) is 0 Å². The number of anilines is 1. The molecule has 0 aliphatic carbocycles. The van der Waals surface area contributed by atoms with E-state index in [0.29, 0.717) is 11.4 Å². The molecule has 0 saturated heterocycles. The van der Waals surface area contributed by atoms with Gasteiger partial charge in [-0.25, -0.2) is 0 Å². The highest BCUT2D eigenvalue weighted by Crippen LogP contribution is 2.28. The molecule has 3 nitrogen and oxygen atoms in total. The monoisotopic (exact) mass is 274 g/mol. The Kier molecular flexibility index (Phi) is 4.28. The van der Waals surface area contributed by atoms with E-state index in [9.17, 15) is 4.79 Å². The standard InChI is InChI=1S/C9H11BrN2OS/c1-12-9(13)5-14-8-3-2-6(11)4-7(8)10/h2-4H,5,11H2,1H3,(H,12,13). The number of carbonyl (C=O) groups excluding carboxylic acids is 1. The summed E-state index contributed by atoms with van der Waals surface area (Å²) in [7, 11) is 1.63. The van der Waals surface area contributed by atoms with Crippen molar-refractivity contribution in [1.82, 2.24) is 5.32 Å². The van der Waals surface area contributed by atoms with Crippen LogP contribution in [0.25, 0.3) is 0 Å². The maximum absolute atomic E-state index is 11.0. The maximum atomic E-state index is 11.0. The molecule has 0 fully saturated rings. The van der Waals surface area contributed by atoms with Gasteiger partial charge >= 0.3 is 0 Å². The number of nitrogens with two attached hydrogens (primary N) is 1. The van der Waals surface area contributed by atoms with Crippen molar-refractivity contribution in [1.29, 1.82) is 0 Å². The highest BCUT2D eigenvalue weighted by atomic mass is 79.9. The van der Waals surface area contributed by atoms with Crippen LogP contribution in [-0.2, 0) is 4.79 Å². The summed E-state index contributed by atoms with van der Waals surface area (Å²) < 4.78 is 0.923. The van der Waals surface area contributed by atoms with Crippen molar-refractivity contribution in [2.75, 3.05) is 18.5 Å². The number of hydrogen-bond acceptors (Lipinski definition) is 3. The molecule has 0 aliphatic rings. The third kappa shape index (κ3) is 3.23. The summed E-state index contributed by atoms with van der Waals surface area (Å²) in [6, 6.07) is 5.54. The second-order valence-corrected chi connectivity index (χ2v) is 4.52. The number of halogens is 1. The molecule has 0 heterocycles. The molecule has 0 spiro atoms. The number of amides is 1. The van der Waals surface area contributed by atoms with E-state index >= 15 is 0 Å². The second kappa shape index (κ2) is 5.26. The van der Waals surface area contributed by atoms with Gasteiger partial charge in [-0.15, -0.1) is 11.8 Å². The Morgan fingerprint density at radius 3 is 2.93 bits per heavy atom. The summed E-state index contributed by atoms with van der Waals surface area (Å²) in [5.41, 5.74) is 6.30. The summed E-state index contributed by atoms with van der Waals surface area (Å²) in [5.74, 6) is 0.428. The minimum Gasteiger partial charge on any atom is -0.399 e. The van der Waals surface area contributed by atoms with Crippen molar-refractivity contribution in [3.63, 3.8) is 0 Å². The highest BCUT2D eigenvalue weighted by molar-refractivity contribution is 9.10. The minimum absolute atomic E-state index is 0.0127. The Hall–Kier alpha value is -0.680. The highest BCUT2D eigenvalue weighted by Gasteiger charge is 2.03. The zero-order valence-electron chi connectivity index (χ0n) is 7.71. The number of nitrogen functional groups attached to an aromatic ring is 1. The Bertz CT molecular complexity index is 344. The van der Waals surface area contributed by atoms with Gasteiger partial charge in [-0.3, -0.25) is 4.79 Å². The van der Waals surface area contributed by atoms with E-state index in [2.05, 4.69) is 21.2 Å². The zero-order chi connectivity index (χ0) is 10.6. The number of thioether (sulfide) groups is 1. The van der Waals surface area contributed by atoms with Crippen LogP contribution in [0, 0.1) is 0 Å². The van der Waals surface area contributed by atoms with Gasteiger partial charge in [0.05, 0.1) is 5.75 Å². The molecule has 1 aromatic carbocycles. The van der Waals surface area contributed by atoms with E-state index in [4.69, 9.17) is 5.73 Å². The molecule has 0 bridgehead atoms. The van der Waals surface area contributed by atoms with Gasteiger partial charge in [0.2, 0.25) is 5.91 Å². The molecule has 0 saturated carbocycles. The first-order valence-corrected chi connectivity index (χ1v) is 5.79. The van der Waals surface area contributed by atoms with Crippen LogP contribution in [0.5, 0.6) is 0 Å². The lowest BCUT2D eigenvalue weighted by Crippen LogP contribution is -2.19. The van der Waals surface area contributed by atoms with Gasteiger partial charge in [-0.2, -0.15) is 0 Å². The largest absolute Gasteiger partial charge is 0.399 e. The van der Waals surface area contributed by atoms with Gasteiger partial charge in [0.25, 0.3) is 0 Å². The first-order chi connectivity index (χ1) is 6.63. The molecular formula is C9H11BrN2OS. The quantitative estimate of drug-likeness (QED) is 0.654. The van der Waals surface area contributed by atoms with Crippen LogP contribution >= 0.6 is 27.7 Å². The van der Waals surface area contributed by atoms with Crippen LogP contribution in [0.2, 0.25) is 0 Å². The molecule has 0 atom stereocenters. The number of rotatable bonds is 3. The van der Waals surface area contributed by atoms with Crippen molar-refractivity contribution in [3.05, 3.63) is 22.7 Å². The normalized spacial score (nSPS) is 9.86. The van der Waals surface area contributed by atoms with Crippen molar-refractivity contribution in [2.45, 2.75) is 4.90 Å². The Morgan fingerprint density at radius 1 is 1.64 bits per heavy atom. The van der Waals surface area contributed by atoms with Crippen molar-refractivity contribution in [3.8, 4) is 0 Å². The van der Waals surface area contributed by atoms with Crippen molar-refractivity contribution < 1.29 is 4.79 Å². The van der Waals surface area contributed by atoms with E-state index in [0.717, 1.165) is 9.37 Å². The third-order valence-electron chi connectivity index (χ3n) is 1.59. The molecule has 76 valence electrons. The van der Waals surface area contributed by atoms with E-state index in [1.54, 1.807) is 7.05 Å². The SMILES string of the molecule is CNC(=O)CSc1ccc(N)cc1Br. The van der Waals surface area contributed by atoms with E-state index in [-0.39, 0.29) is 5.91 Å².